The van der Waals surface area contributed by atoms with Crippen LogP contribution in [0.4, 0.5) is 0 Å². The zero-order valence-electron chi connectivity index (χ0n) is 24.9. The molecule has 0 fully saturated rings. The van der Waals surface area contributed by atoms with E-state index in [1.165, 1.54) is 64.2 Å². The molecule has 1 atom stereocenters. The number of carboxylic acid groups (broad SMARTS) is 2. The molecule has 0 bridgehead atoms. The van der Waals surface area contributed by atoms with E-state index in [0.29, 0.717) is 25.7 Å². The lowest BCUT2D eigenvalue weighted by Crippen LogP contribution is -2.62. The second kappa shape index (κ2) is 21.4. The molecule has 0 aromatic rings. The Bertz CT molecular complexity index is 754. The first-order valence-electron chi connectivity index (χ1n) is 15.6. The molecule has 0 amide bonds. The van der Waals surface area contributed by atoms with Crippen molar-refractivity contribution in [2.45, 2.75) is 166 Å². The Hall–Kier alpha value is -1.41. The van der Waals surface area contributed by atoms with Crippen molar-refractivity contribution in [2.24, 2.45) is 5.41 Å². The predicted octanol–water partition coefficient (Wildman–Crippen LogP) is 8.97. The molecule has 0 aromatic carbocycles. The molecular weight excluding hydrogens is 516 g/mol. The van der Waals surface area contributed by atoms with E-state index in [0.717, 1.165) is 44.6 Å². The summed E-state index contributed by atoms with van der Waals surface area (Å²) in [6.07, 6.45) is 20.5. The third-order valence-electron chi connectivity index (χ3n) is 8.31. The number of carboxylic acids is 2. The summed E-state index contributed by atoms with van der Waals surface area (Å²) in [5, 5.41) is 20.6. The standard InChI is InChI=1S/C31H58O7S/c1-4-7-9-11-13-15-17-19-21-23-26-30(28(32)33,31(25-6-3,29(34)35)39(36,37)38)27-24-22-20-18-16-14-12-10-8-5-2/h6H,3-5,7-27H2,1-2H3,(H,32,33)(H,34,35)(H,36,37,38). The fraction of sp³-hybridized carbons (Fsp3) is 0.871. The molecule has 8 heteroatoms. The normalized spacial score (nSPS) is 13.7. The number of hydrogen-bond acceptors (Lipinski definition) is 4. The lowest BCUT2D eigenvalue weighted by molar-refractivity contribution is -0.162. The van der Waals surface area contributed by atoms with Crippen LogP contribution in [0.15, 0.2) is 12.7 Å². The van der Waals surface area contributed by atoms with Crippen molar-refractivity contribution in [3.63, 3.8) is 0 Å². The summed E-state index contributed by atoms with van der Waals surface area (Å²) in [6, 6.07) is 0. The van der Waals surface area contributed by atoms with Gasteiger partial charge < -0.3 is 10.2 Å². The minimum Gasteiger partial charge on any atom is -0.481 e. The highest BCUT2D eigenvalue weighted by Gasteiger charge is 2.67. The van der Waals surface area contributed by atoms with Crippen LogP contribution in [-0.2, 0) is 19.7 Å². The molecule has 1 unspecified atom stereocenters. The quantitative estimate of drug-likeness (QED) is 0.0483. The van der Waals surface area contributed by atoms with Gasteiger partial charge in [-0.3, -0.25) is 14.1 Å². The summed E-state index contributed by atoms with van der Waals surface area (Å²) < 4.78 is 32.7. The highest BCUT2D eigenvalue weighted by Crippen LogP contribution is 2.49. The molecule has 39 heavy (non-hydrogen) atoms. The molecule has 0 saturated carbocycles. The molecule has 0 aliphatic carbocycles. The molecule has 0 radical (unpaired) electrons. The molecule has 0 rings (SSSR count). The van der Waals surface area contributed by atoms with Gasteiger partial charge in [0, 0.05) is 0 Å². The molecule has 7 nitrogen and oxygen atoms in total. The first-order chi connectivity index (χ1) is 18.6. The average Bonchev–Trinajstić information content (AvgIpc) is 2.87. The van der Waals surface area contributed by atoms with Gasteiger partial charge in [0.1, 0.15) is 5.41 Å². The fourth-order valence-electron chi connectivity index (χ4n) is 5.90. The van der Waals surface area contributed by atoms with Crippen LogP contribution in [0.5, 0.6) is 0 Å². The molecule has 3 N–H and O–H groups in total. The van der Waals surface area contributed by atoms with Gasteiger partial charge in [0.15, 0.2) is 0 Å². The highest BCUT2D eigenvalue weighted by molar-refractivity contribution is 7.88. The number of hydrogen-bond donors (Lipinski definition) is 3. The van der Waals surface area contributed by atoms with Crippen LogP contribution in [0.25, 0.3) is 0 Å². The summed E-state index contributed by atoms with van der Waals surface area (Å²) >= 11 is 0. The van der Waals surface area contributed by atoms with E-state index in [9.17, 15) is 32.8 Å². The van der Waals surface area contributed by atoms with Crippen LogP contribution < -0.4 is 0 Å². The zero-order valence-corrected chi connectivity index (χ0v) is 25.7. The van der Waals surface area contributed by atoms with E-state index >= 15 is 0 Å². The van der Waals surface area contributed by atoms with Crippen LogP contribution >= 0.6 is 0 Å². The summed E-state index contributed by atoms with van der Waals surface area (Å²) in [6.45, 7) is 7.86. The SMILES string of the molecule is C=CCC(C(=O)O)(C(CCCCCCCCCCCC)(CCCCCCCCCCCC)C(=O)O)S(=O)(=O)O. The van der Waals surface area contributed by atoms with Crippen LogP contribution in [-0.4, -0.2) is 39.9 Å². The summed E-state index contributed by atoms with van der Waals surface area (Å²) in [5.41, 5.74) is -2.14. The fourth-order valence-corrected chi connectivity index (χ4v) is 7.23. The van der Waals surface area contributed by atoms with Gasteiger partial charge in [-0.05, 0) is 19.3 Å². The van der Waals surface area contributed by atoms with Gasteiger partial charge in [0.25, 0.3) is 10.1 Å². The highest BCUT2D eigenvalue weighted by atomic mass is 32.2. The summed E-state index contributed by atoms with van der Waals surface area (Å²) in [4.78, 5) is 25.3. The van der Waals surface area contributed by atoms with E-state index in [2.05, 4.69) is 20.4 Å². The molecule has 0 heterocycles. The van der Waals surface area contributed by atoms with Crippen LogP contribution in [0.3, 0.4) is 0 Å². The molecule has 0 aromatic heterocycles. The lowest BCUT2D eigenvalue weighted by atomic mass is 9.66. The van der Waals surface area contributed by atoms with E-state index in [-0.39, 0.29) is 12.8 Å². The van der Waals surface area contributed by atoms with Crippen molar-refractivity contribution in [1.82, 2.24) is 0 Å². The van der Waals surface area contributed by atoms with E-state index < -0.39 is 38.6 Å². The largest absolute Gasteiger partial charge is 0.481 e. The smallest absolute Gasteiger partial charge is 0.329 e. The topological polar surface area (TPSA) is 129 Å². The van der Waals surface area contributed by atoms with Gasteiger partial charge in [-0.1, -0.05) is 148 Å². The third kappa shape index (κ3) is 12.8. The number of carbonyl (C=O) groups is 2. The molecule has 0 aliphatic heterocycles. The molecule has 0 spiro atoms. The first kappa shape index (κ1) is 37.6. The van der Waals surface area contributed by atoms with Crippen molar-refractivity contribution in [2.75, 3.05) is 0 Å². The Labute approximate surface area is 239 Å². The van der Waals surface area contributed by atoms with Gasteiger partial charge in [0.05, 0.1) is 0 Å². The number of allylic oxidation sites excluding steroid dienone is 1. The summed E-state index contributed by atoms with van der Waals surface area (Å²) in [5.74, 6) is -3.30. The van der Waals surface area contributed by atoms with Crippen molar-refractivity contribution in [3.8, 4) is 0 Å². The summed E-state index contributed by atoms with van der Waals surface area (Å²) in [7, 11) is -5.27. The monoisotopic (exact) mass is 574 g/mol. The van der Waals surface area contributed by atoms with Crippen LogP contribution in [0.2, 0.25) is 0 Å². The van der Waals surface area contributed by atoms with E-state index in [4.69, 9.17) is 0 Å². The Kier molecular flexibility index (Phi) is 20.6. The van der Waals surface area contributed by atoms with Crippen molar-refractivity contribution >= 4 is 22.1 Å². The Morgan fingerprint density at radius 2 is 0.923 bits per heavy atom. The van der Waals surface area contributed by atoms with Crippen molar-refractivity contribution in [1.29, 1.82) is 0 Å². The van der Waals surface area contributed by atoms with Gasteiger partial charge >= 0.3 is 11.9 Å². The maximum absolute atomic E-state index is 12.8. The third-order valence-corrected chi connectivity index (χ3v) is 9.93. The average molecular weight is 575 g/mol. The lowest BCUT2D eigenvalue weighted by Gasteiger charge is -2.42. The zero-order chi connectivity index (χ0) is 29.6. The molecule has 0 saturated heterocycles. The molecule has 0 aliphatic rings. The van der Waals surface area contributed by atoms with Crippen LogP contribution in [0, 0.1) is 5.41 Å². The Morgan fingerprint density at radius 1 is 0.615 bits per heavy atom. The van der Waals surface area contributed by atoms with E-state index in [1.54, 1.807) is 0 Å². The van der Waals surface area contributed by atoms with Gasteiger partial charge in [-0.15, -0.1) is 6.58 Å². The van der Waals surface area contributed by atoms with Crippen molar-refractivity contribution < 1.29 is 32.8 Å². The Morgan fingerprint density at radius 3 is 1.15 bits per heavy atom. The first-order valence-corrected chi connectivity index (χ1v) is 17.1. The van der Waals surface area contributed by atoms with E-state index in [1.807, 2.05) is 0 Å². The number of rotatable bonds is 28. The maximum Gasteiger partial charge on any atom is 0.329 e. The van der Waals surface area contributed by atoms with Gasteiger partial charge in [-0.2, -0.15) is 8.42 Å². The maximum atomic E-state index is 12.8. The molecular formula is C31H58O7S. The second-order valence-electron chi connectivity index (χ2n) is 11.4. The van der Waals surface area contributed by atoms with Crippen LogP contribution in [0.1, 0.15) is 162 Å². The van der Waals surface area contributed by atoms with Crippen molar-refractivity contribution in [3.05, 3.63) is 12.7 Å². The molecule has 230 valence electrons. The van der Waals surface area contributed by atoms with Gasteiger partial charge in [-0.25, -0.2) is 0 Å². The minimum absolute atomic E-state index is 0.115. The predicted molar refractivity (Wildman–Crippen MR) is 160 cm³/mol. The minimum atomic E-state index is -5.27. The number of aliphatic carboxylic acids is 2. The van der Waals surface area contributed by atoms with Gasteiger partial charge in [0.2, 0.25) is 4.75 Å². The second-order valence-corrected chi connectivity index (χ2v) is 13.0. The number of unbranched alkanes of at least 4 members (excludes halogenated alkanes) is 18. The Balaban J connectivity index is 5.37.